The molecule has 1 aliphatic carbocycles. The molecule has 2 amide bonds. The van der Waals surface area contributed by atoms with Crippen LogP contribution in [0.15, 0.2) is 48.5 Å². The molecular formula is C24H29N3O2. The fourth-order valence-electron chi connectivity index (χ4n) is 4.32. The molecule has 29 heavy (non-hydrogen) atoms. The zero-order valence-electron chi connectivity index (χ0n) is 16.7. The van der Waals surface area contributed by atoms with Gasteiger partial charge in [0, 0.05) is 24.7 Å². The summed E-state index contributed by atoms with van der Waals surface area (Å²) in [5.74, 6) is 0.0381. The normalized spacial score (nSPS) is 20.3. The van der Waals surface area contributed by atoms with Gasteiger partial charge in [0.25, 0.3) is 0 Å². The van der Waals surface area contributed by atoms with Crippen molar-refractivity contribution in [3.05, 3.63) is 65.2 Å². The van der Waals surface area contributed by atoms with Gasteiger partial charge in [0.15, 0.2) is 0 Å². The number of carbonyl (C=O) groups is 2. The number of aryl methyl sites for hydroxylation is 3. The quantitative estimate of drug-likeness (QED) is 0.680. The van der Waals surface area contributed by atoms with Crippen LogP contribution in [-0.4, -0.2) is 30.4 Å². The predicted octanol–water partition coefficient (Wildman–Crippen LogP) is 2.98. The maximum Gasteiger partial charge on any atom is 0.241 e. The molecule has 0 saturated carbocycles. The molecule has 2 aliphatic rings. The van der Waals surface area contributed by atoms with Gasteiger partial charge in [0.1, 0.15) is 0 Å². The van der Waals surface area contributed by atoms with Crippen LogP contribution < -0.4 is 16.0 Å². The molecule has 152 valence electrons. The average Bonchev–Trinajstić information content (AvgIpc) is 3.38. The van der Waals surface area contributed by atoms with E-state index >= 15 is 0 Å². The van der Waals surface area contributed by atoms with Crippen LogP contribution in [0.3, 0.4) is 0 Å². The van der Waals surface area contributed by atoms with E-state index in [2.05, 4.69) is 40.2 Å². The zero-order valence-corrected chi connectivity index (χ0v) is 16.7. The second-order valence-electron chi connectivity index (χ2n) is 8.13. The Labute approximate surface area is 172 Å². The van der Waals surface area contributed by atoms with Gasteiger partial charge in [-0.25, -0.2) is 0 Å². The molecule has 0 spiro atoms. The minimum Gasteiger partial charge on any atom is -0.352 e. The van der Waals surface area contributed by atoms with Crippen molar-refractivity contribution in [2.75, 3.05) is 11.9 Å². The van der Waals surface area contributed by atoms with E-state index in [0.717, 1.165) is 31.4 Å². The van der Waals surface area contributed by atoms with Crippen molar-refractivity contribution in [2.24, 2.45) is 0 Å². The highest BCUT2D eigenvalue weighted by atomic mass is 16.2. The van der Waals surface area contributed by atoms with Crippen LogP contribution in [0.25, 0.3) is 0 Å². The summed E-state index contributed by atoms with van der Waals surface area (Å²) < 4.78 is 0. The van der Waals surface area contributed by atoms with Gasteiger partial charge >= 0.3 is 0 Å². The first-order valence-corrected chi connectivity index (χ1v) is 10.7. The van der Waals surface area contributed by atoms with E-state index in [-0.39, 0.29) is 23.9 Å². The molecule has 0 aromatic heterocycles. The van der Waals surface area contributed by atoms with Gasteiger partial charge in [-0.15, -0.1) is 0 Å². The Morgan fingerprint density at radius 3 is 2.72 bits per heavy atom. The molecule has 2 atom stereocenters. The van der Waals surface area contributed by atoms with Crippen LogP contribution in [0.4, 0.5) is 5.69 Å². The lowest BCUT2D eigenvalue weighted by atomic mass is 10.1. The fourth-order valence-corrected chi connectivity index (χ4v) is 4.32. The van der Waals surface area contributed by atoms with Crippen molar-refractivity contribution in [3.63, 3.8) is 0 Å². The average molecular weight is 392 g/mol. The van der Waals surface area contributed by atoms with Crippen LogP contribution in [0.2, 0.25) is 0 Å². The van der Waals surface area contributed by atoms with E-state index in [4.69, 9.17) is 0 Å². The Hall–Kier alpha value is -2.66. The van der Waals surface area contributed by atoms with Gasteiger partial charge in [-0.2, -0.15) is 0 Å². The summed E-state index contributed by atoms with van der Waals surface area (Å²) in [6, 6.07) is 16.2. The monoisotopic (exact) mass is 391 g/mol. The SMILES string of the molecule is O=C(CCCc1ccccc1)N[C@@H]1CN[C@H](C(=O)Nc2ccc3c(c2)CCC3)C1. The summed E-state index contributed by atoms with van der Waals surface area (Å²) in [7, 11) is 0. The molecular weight excluding hydrogens is 362 g/mol. The molecule has 1 aliphatic heterocycles. The van der Waals surface area contributed by atoms with Crippen molar-refractivity contribution in [1.82, 2.24) is 10.6 Å². The maximum atomic E-state index is 12.6. The molecule has 5 heteroatoms. The lowest BCUT2D eigenvalue weighted by Gasteiger charge is -2.13. The van der Waals surface area contributed by atoms with Crippen LogP contribution in [0.1, 0.15) is 42.4 Å². The summed E-state index contributed by atoms with van der Waals surface area (Å²) in [5.41, 5.74) is 4.87. The number of amides is 2. The third-order valence-electron chi connectivity index (χ3n) is 5.89. The van der Waals surface area contributed by atoms with E-state index in [1.807, 2.05) is 24.3 Å². The molecule has 3 N–H and O–H groups in total. The molecule has 5 nitrogen and oxygen atoms in total. The van der Waals surface area contributed by atoms with Crippen LogP contribution in [0.5, 0.6) is 0 Å². The van der Waals surface area contributed by atoms with Gasteiger partial charge in [-0.05, 0) is 67.3 Å². The number of anilines is 1. The fraction of sp³-hybridized carbons (Fsp3) is 0.417. The predicted molar refractivity (Wildman–Crippen MR) is 115 cm³/mol. The Morgan fingerprint density at radius 1 is 1.03 bits per heavy atom. The summed E-state index contributed by atoms with van der Waals surface area (Å²) in [4.78, 5) is 24.8. The molecule has 2 aromatic rings. The number of rotatable bonds is 7. The van der Waals surface area contributed by atoms with Crippen molar-refractivity contribution >= 4 is 17.5 Å². The van der Waals surface area contributed by atoms with E-state index in [0.29, 0.717) is 19.4 Å². The second kappa shape index (κ2) is 9.23. The van der Waals surface area contributed by atoms with Crippen molar-refractivity contribution < 1.29 is 9.59 Å². The summed E-state index contributed by atoms with van der Waals surface area (Å²) in [5, 5.41) is 9.33. The summed E-state index contributed by atoms with van der Waals surface area (Å²) in [6.45, 7) is 0.632. The minimum absolute atomic E-state index is 0.00926. The van der Waals surface area contributed by atoms with E-state index in [1.165, 1.54) is 23.1 Å². The first-order chi connectivity index (χ1) is 14.2. The van der Waals surface area contributed by atoms with Crippen LogP contribution in [-0.2, 0) is 28.9 Å². The van der Waals surface area contributed by atoms with Crippen molar-refractivity contribution in [2.45, 2.75) is 57.0 Å². The topological polar surface area (TPSA) is 70.2 Å². The Kier molecular flexibility index (Phi) is 6.25. The van der Waals surface area contributed by atoms with E-state index < -0.39 is 0 Å². The first kappa shape index (κ1) is 19.6. The smallest absolute Gasteiger partial charge is 0.241 e. The number of carbonyl (C=O) groups excluding carboxylic acids is 2. The molecule has 1 saturated heterocycles. The number of fused-ring (bicyclic) bond motifs is 1. The second-order valence-corrected chi connectivity index (χ2v) is 8.13. The van der Waals surface area contributed by atoms with Gasteiger partial charge in [-0.3, -0.25) is 9.59 Å². The molecule has 0 bridgehead atoms. The molecule has 4 rings (SSSR count). The van der Waals surface area contributed by atoms with Crippen molar-refractivity contribution in [3.8, 4) is 0 Å². The number of hydrogen-bond donors (Lipinski definition) is 3. The summed E-state index contributed by atoms with van der Waals surface area (Å²) in [6.07, 6.45) is 6.31. The molecule has 1 heterocycles. The van der Waals surface area contributed by atoms with Crippen LogP contribution >= 0.6 is 0 Å². The summed E-state index contributed by atoms with van der Waals surface area (Å²) >= 11 is 0. The standard InChI is InChI=1S/C24H29N3O2/c28-23(11-4-8-17-6-2-1-3-7-17)26-21-15-22(25-16-21)24(29)27-20-13-12-18-9-5-10-19(18)14-20/h1-3,6-7,12-14,21-22,25H,4-5,8-11,15-16H2,(H,26,28)(H,27,29)/t21-,22-/m0/s1. The lowest BCUT2D eigenvalue weighted by molar-refractivity contribution is -0.122. The molecule has 0 radical (unpaired) electrons. The molecule has 1 fully saturated rings. The molecule has 0 unspecified atom stereocenters. The first-order valence-electron chi connectivity index (χ1n) is 10.7. The van der Waals surface area contributed by atoms with E-state index in [9.17, 15) is 9.59 Å². The Bertz CT molecular complexity index is 866. The van der Waals surface area contributed by atoms with Crippen LogP contribution in [0, 0.1) is 0 Å². The van der Waals surface area contributed by atoms with Gasteiger partial charge in [0.05, 0.1) is 6.04 Å². The van der Waals surface area contributed by atoms with Gasteiger partial charge < -0.3 is 16.0 Å². The third kappa shape index (κ3) is 5.24. The Morgan fingerprint density at radius 2 is 1.86 bits per heavy atom. The number of nitrogens with one attached hydrogen (secondary N) is 3. The van der Waals surface area contributed by atoms with Crippen molar-refractivity contribution in [1.29, 1.82) is 0 Å². The molecule has 2 aromatic carbocycles. The van der Waals surface area contributed by atoms with Gasteiger partial charge in [-0.1, -0.05) is 36.4 Å². The minimum atomic E-state index is -0.266. The largest absolute Gasteiger partial charge is 0.352 e. The lowest BCUT2D eigenvalue weighted by Crippen LogP contribution is -2.36. The number of hydrogen-bond acceptors (Lipinski definition) is 3. The highest BCUT2D eigenvalue weighted by Gasteiger charge is 2.30. The zero-order chi connectivity index (χ0) is 20.1. The number of benzene rings is 2. The highest BCUT2D eigenvalue weighted by Crippen LogP contribution is 2.25. The highest BCUT2D eigenvalue weighted by molar-refractivity contribution is 5.95. The maximum absolute atomic E-state index is 12.6. The third-order valence-corrected chi connectivity index (χ3v) is 5.89. The van der Waals surface area contributed by atoms with Gasteiger partial charge in [0.2, 0.25) is 11.8 Å². The van der Waals surface area contributed by atoms with E-state index in [1.54, 1.807) is 0 Å². The Balaban J connectivity index is 1.19.